The van der Waals surface area contributed by atoms with Crippen molar-refractivity contribution in [3.05, 3.63) is 30.3 Å². The smallest absolute Gasteiger partial charge is 0.403 e. The SMILES string of the molecule is CC1(C)OB(CC2CCCCN2S(=O)(=O)c2ccccc2)OC1(C)C. The Bertz CT molecular complexity index is 689. The number of benzene rings is 1. The van der Waals surface area contributed by atoms with Crippen LogP contribution in [0, 0.1) is 0 Å². The van der Waals surface area contributed by atoms with Gasteiger partial charge < -0.3 is 9.31 Å². The molecule has 138 valence electrons. The highest BCUT2D eigenvalue weighted by Crippen LogP contribution is 2.39. The molecule has 25 heavy (non-hydrogen) atoms. The van der Waals surface area contributed by atoms with Crippen molar-refractivity contribution in [2.24, 2.45) is 0 Å². The van der Waals surface area contributed by atoms with Gasteiger partial charge in [0, 0.05) is 12.6 Å². The molecule has 1 aromatic rings. The molecule has 2 saturated heterocycles. The van der Waals surface area contributed by atoms with Crippen molar-refractivity contribution >= 4 is 17.1 Å². The quantitative estimate of drug-likeness (QED) is 0.768. The van der Waals surface area contributed by atoms with Gasteiger partial charge in [-0.25, -0.2) is 8.42 Å². The Morgan fingerprint density at radius 3 is 2.28 bits per heavy atom. The molecule has 0 aliphatic carbocycles. The molecule has 0 amide bonds. The van der Waals surface area contributed by atoms with Gasteiger partial charge in [-0.15, -0.1) is 0 Å². The molecule has 7 heteroatoms. The van der Waals surface area contributed by atoms with Gasteiger partial charge in [0.15, 0.2) is 0 Å². The highest BCUT2D eigenvalue weighted by molar-refractivity contribution is 7.89. The second kappa shape index (κ2) is 6.69. The van der Waals surface area contributed by atoms with E-state index in [0.29, 0.717) is 17.8 Å². The van der Waals surface area contributed by atoms with Crippen LogP contribution >= 0.6 is 0 Å². The number of nitrogens with zero attached hydrogens (tertiary/aromatic N) is 1. The van der Waals surface area contributed by atoms with E-state index in [1.165, 1.54) is 0 Å². The van der Waals surface area contributed by atoms with Crippen LogP contribution in [-0.4, -0.2) is 43.6 Å². The van der Waals surface area contributed by atoms with Crippen molar-refractivity contribution in [1.29, 1.82) is 0 Å². The van der Waals surface area contributed by atoms with Gasteiger partial charge in [-0.3, -0.25) is 0 Å². The molecular formula is C18H28BNO4S. The number of hydrogen-bond acceptors (Lipinski definition) is 4. The van der Waals surface area contributed by atoms with Crippen molar-refractivity contribution in [3.8, 4) is 0 Å². The Kier molecular flexibility index (Phi) is 5.05. The predicted molar refractivity (Wildman–Crippen MR) is 98.9 cm³/mol. The third-order valence-electron chi connectivity index (χ3n) is 5.69. The summed E-state index contributed by atoms with van der Waals surface area (Å²) in [6.45, 7) is 8.64. The lowest BCUT2D eigenvalue weighted by atomic mass is 9.78. The molecule has 0 bridgehead atoms. The van der Waals surface area contributed by atoms with Crippen LogP contribution in [0.5, 0.6) is 0 Å². The molecule has 2 aliphatic heterocycles. The summed E-state index contributed by atoms with van der Waals surface area (Å²) >= 11 is 0. The average Bonchev–Trinajstić information content (AvgIpc) is 2.75. The maximum Gasteiger partial charge on any atom is 0.459 e. The standard InChI is InChI=1S/C18H28BNO4S/c1-17(2)18(3,4)24-19(23-17)14-15-10-8-9-13-20(15)25(21,22)16-11-6-5-7-12-16/h5-7,11-12,15H,8-10,13-14H2,1-4H3. The van der Waals surface area contributed by atoms with Gasteiger partial charge in [-0.2, -0.15) is 4.31 Å². The van der Waals surface area contributed by atoms with E-state index in [4.69, 9.17) is 9.31 Å². The molecule has 3 rings (SSSR count). The second-order valence-corrected chi connectivity index (χ2v) is 9.89. The maximum absolute atomic E-state index is 13.1. The van der Waals surface area contributed by atoms with E-state index < -0.39 is 21.2 Å². The summed E-state index contributed by atoms with van der Waals surface area (Å²) in [6, 6.07) is 8.59. The van der Waals surface area contributed by atoms with Crippen molar-refractivity contribution in [2.75, 3.05) is 6.54 Å². The monoisotopic (exact) mass is 365 g/mol. The predicted octanol–water partition coefficient (Wildman–Crippen LogP) is 3.32. The topological polar surface area (TPSA) is 55.8 Å². The van der Waals surface area contributed by atoms with Crippen LogP contribution in [0.25, 0.3) is 0 Å². The van der Waals surface area contributed by atoms with Gasteiger partial charge in [-0.1, -0.05) is 24.6 Å². The molecule has 0 radical (unpaired) electrons. The molecule has 0 spiro atoms. The van der Waals surface area contributed by atoms with E-state index in [1.54, 1.807) is 28.6 Å². The van der Waals surface area contributed by atoms with Crippen molar-refractivity contribution in [2.45, 2.75) is 75.4 Å². The Labute approximate surface area is 151 Å². The summed E-state index contributed by atoms with van der Waals surface area (Å²) in [5.74, 6) is 0. The average molecular weight is 365 g/mol. The minimum Gasteiger partial charge on any atom is -0.403 e. The van der Waals surface area contributed by atoms with Gasteiger partial charge in [-0.05, 0) is 59.0 Å². The zero-order chi connectivity index (χ0) is 18.3. The Morgan fingerprint density at radius 2 is 1.68 bits per heavy atom. The summed E-state index contributed by atoms with van der Waals surface area (Å²) in [4.78, 5) is 0.357. The van der Waals surface area contributed by atoms with Crippen LogP contribution in [0.2, 0.25) is 6.32 Å². The van der Waals surface area contributed by atoms with E-state index >= 15 is 0 Å². The van der Waals surface area contributed by atoms with Crippen molar-refractivity contribution in [3.63, 3.8) is 0 Å². The molecule has 0 saturated carbocycles. The third kappa shape index (κ3) is 3.65. The minimum absolute atomic E-state index is 0.0892. The number of rotatable bonds is 4. The molecule has 2 fully saturated rings. The lowest BCUT2D eigenvalue weighted by molar-refractivity contribution is 0.00578. The third-order valence-corrected chi connectivity index (χ3v) is 7.66. The zero-order valence-electron chi connectivity index (χ0n) is 15.6. The summed E-state index contributed by atoms with van der Waals surface area (Å²) in [5, 5.41) is 0. The van der Waals surface area contributed by atoms with Crippen LogP contribution in [0.15, 0.2) is 35.2 Å². The van der Waals surface area contributed by atoms with Gasteiger partial charge in [0.25, 0.3) is 0 Å². The Balaban J connectivity index is 1.79. The Morgan fingerprint density at radius 1 is 1.08 bits per heavy atom. The van der Waals surface area contributed by atoms with Crippen LogP contribution in [-0.2, 0) is 19.3 Å². The molecule has 1 atom stereocenters. The van der Waals surface area contributed by atoms with Crippen LogP contribution in [0.4, 0.5) is 0 Å². The van der Waals surface area contributed by atoms with E-state index in [-0.39, 0.29) is 13.2 Å². The molecule has 0 aromatic heterocycles. The second-order valence-electron chi connectivity index (χ2n) is 8.00. The van der Waals surface area contributed by atoms with Crippen LogP contribution in [0.3, 0.4) is 0 Å². The molecule has 0 N–H and O–H groups in total. The van der Waals surface area contributed by atoms with Gasteiger partial charge >= 0.3 is 7.12 Å². The molecule has 2 aliphatic rings. The zero-order valence-corrected chi connectivity index (χ0v) is 16.4. The lowest BCUT2D eigenvalue weighted by Gasteiger charge is -2.35. The first-order chi connectivity index (χ1) is 11.6. The molecule has 1 aromatic carbocycles. The van der Waals surface area contributed by atoms with E-state index in [0.717, 1.165) is 19.3 Å². The minimum atomic E-state index is -3.49. The number of sulfonamides is 1. The number of piperidine rings is 1. The van der Waals surface area contributed by atoms with Crippen molar-refractivity contribution in [1.82, 2.24) is 4.31 Å². The van der Waals surface area contributed by atoms with Crippen molar-refractivity contribution < 1.29 is 17.7 Å². The molecule has 5 nitrogen and oxygen atoms in total. The molecule has 1 unspecified atom stereocenters. The first-order valence-electron chi connectivity index (χ1n) is 9.06. The van der Waals surface area contributed by atoms with Crippen LogP contribution in [0.1, 0.15) is 47.0 Å². The van der Waals surface area contributed by atoms with Gasteiger partial charge in [0.2, 0.25) is 10.0 Å². The fraction of sp³-hybridized carbons (Fsp3) is 0.667. The highest BCUT2D eigenvalue weighted by atomic mass is 32.2. The van der Waals surface area contributed by atoms with Gasteiger partial charge in [0.1, 0.15) is 0 Å². The summed E-state index contributed by atoms with van der Waals surface area (Å²) < 4.78 is 40.0. The highest BCUT2D eigenvalue weighted by Gasteiger charge is 2.52. The summed E-state index contributed by atoms with van der Waals surface area (Å²) in [5.41, 5.74) is -0.787. The van der Waals surface area contributed by atoms with E-state index in [1.807, 2.05) is 33.8 Å². The van der Waals surface area contributed by atoms with Crippen LogP contribution < -0.4 is 0 Å². The summed E-state index contributed by atoms with van der Waals surface area (Å²) in [7, 11) is -3.86. The largest absolute Gasteiger partial charge is 0.459 e. The van der Waals surface area contributed by atoms with E-state index in [2.05, 4.69) is 0 Å². The normalized spacial score (nSPS) is 26.7. The molecular weight excluding hydrogens is 337 g/mol. The van der Waals surface area contributed by atoms with Gasteiger partial charge in [0.05, 0.1) is 16.1 Å². The van der Waals surface area contributed by atoms with E-state index in [9.17, 15) is 8.42 Å². The first-order valence-corrected chi connectivity index (χ1v) is 10.5. The summed E-state index contributed by atoms with van der Waals surface area (Å²) in [6.07, 6.45) is 3.34. The lowest BCUT2D eigenvalue weighted by Crippen LogP contribution is -2.45. The fourth-order valence-corrected chi connectivity index (χ4v) is 5.26. The number of hydrogen-bond donors (Lipinski definition) is 0. The maximum atomic E-state index is 13.1. The molecule has 2 heterocycles. The first kappa shape index (κ1) is 18.9. The Hall–Kier alpha value is -0.885. The fourth-order valence-electron chi connectivity index (χ4n) is 3.54.